The monoisotopic (exact) mass is 350 g/mol. The van der Waals surface area contributed by atoms with Crippen LogP contribution in [0.1, 0.15) is 6.92 Å². The third-order valence-corrected chi connectivity index (χ3v) is 4.16. The predicted molar refractivity (Wildman–Crippen MR) is 81.2 cm³/mol. The number of hydrogen-bond donors (Lipinski definition) is 1. The second-order valence-corrected chi connectivity index (χ2v) is 5.76. The van der Waals surface area contributed by atoms with Crippen LogP contribution in [0.5, 0.6) is 5.75 Å². The first-order valence-electron chi connectivity index (χ1n) is 6.24. The molecule has 1 aromatic rings. The van der Waals surface area contributed by atoms with Crippen molar-refractivity contribution in [1.29, 1.82) is 0 Å². The Morgan fingerprint density at radius 1 is 1.33 bits per heavy atom. The highest BCUT2D eigenvalue weighted by Crippen LogP contribution is 2.33. The van der Waals surface area contributed by atoms with Gasteiger partial charge in [0.05, 0.1) is 15.1 Å². The number of nitrogens with one attached hydrogen (secondary N) is 1. The Bertz CT molecular complexity index is 580. The predicted octanol–water partition coefficient (Wildman–Crippen LogP) is 2.37. The van der Waals surface area contributed by atoms with Gasteiger partial charge >= 0.3 is 0 Å². The van der Waals surface area contributed by atoms with E-state index in [1.165, 1.54) is 17.0 Å². The van der Waals surface area contributed by atoms with Gasteiger partial charge in [0.1, 0.15) is 11.8 Å². The minimum atomic E-state index is -0.515. The molecule has 1 aliphatic heterocycles. The number of ether oxygens (including phenoxy) is 1. The van der Waals surface area contributed by atoms with E-state index in [2.05, 4.69) is 5.32 Å². The molecule has 1 fully saturated rings. The fourth-order valence-electron chi connectivity index (χ4n) is 1.96. The Hall–Kier alpha value is -1.17. The summed E-state index contributed by atoms with van der Waals surface area (Å²) in [5, 5.41) is 3.55. The summed E-state index contributed by atoms with van der Waals surface area (Å²) in [5.74, 6) is -0.199. The van der Waals surface area contributed by atoms with E-state index in [1.807, 2.05) is 0 Å². The first-order valence-corrected chi connectivity index (χ1v) is 7.38. The molecular weight excluding hydrogens is 339 g/mol. The van der Waals surface area contributed by atoms with Crippen LogP contribution in [0, 0.1) is 0 Å². The van der Waals surface area contributed by atoms with Crippen LogP contribution in [0.4, 0.5) is 0 Å². The van der Waals surface area contributed by atoms with E-state index in [-0.39, 0.29) is 34.2 Å². The first-order chi connectivity index (χ1) is 9.90. The van der Waals surface area contributed by atoms with Gasteiger partial charge in [-0.1, -0.05) is 34.8 Å². The van der Waals surface area contributed by atoms with Gasteiger partial charge in [-0.2, -0.15) is 0 Å². The summed E-state index contributed by atoms with van der Waals surface area (Å²) in [6.07, 6.45) is 0. The maximum absolute atomic E-state index is 12.1. The number of nitrogens with zero attached hydrogens (tertiary/aromatic N) is 1. The quantitative estimate of drug-likeness (QED) is 0.851. The maximum Gasteiger partial charge on any atom is 0.261 e. The second kappa shape index (κ2) is 6.73. The van der Waals surface area contributed by atoms with Crippen molar-refractivity contribution in [3.05, 3.63) is 27.2 Å². The van der Waals surface area contributed by atoms with Crippen LogP contribution in [0.25, 0.3) is 0 Å². The molecule has 1 N–H and O–H groups in total. The number of benzene rings is 1. The van der Waals surface area contributed by atoms with Crippen molar-refractivity contribution in [3.63, 3.8) is 0 Å². The minimum Gasteiger partial charge on any atom is -0.482 e. The smallest absolute Gasteiger partial charge is 0.261 e. The summed E-state index contributed by atoms with van der Waals surface area (Å²) in [6, 6.07) is 2.38. The van der Waals surface area contributed by atoms with E-state index in [1.54, 1.807) is 6.92 Å². The average Bonchev–Trinajstić information content (AvgIpc) is 2.44. The zero-order chi connectivity index (χ0) is 15.6. The van der Waals surface area contributed by atoms with Crippen molar-refractivity contribution >= 4 is 46.6 Å². The van der Waals surface area contributed by atoms with Crippen LogP contribution in [0.2, 0.25) is 15.1 Å². The highest BCUT2D eigenvalue weighted by atomic mass is 35.5. The van der Waals surface area contributed by atoms with Gasteiger partial charge in [-0.25, -0.2) is 0 Å². The lowest BCUT2D eigenvalue weighted by Crippen LogP contribution is -2.56. The van der Waals surface area contributed by atoms with Crippen LogP contribution in [-0.4, -0.2) is 42.5 Å². The molecule has 1 aliphatic rings. The average molecular weight is 352 g/mol. The van der Waals surface area contributed by atoms with Crippen molar-refractivity contribution in [3.8, 4) is 5.75 Å². The zero-order valence-electron chi connectivity index (χ0n) is 11.2. The van der Waals surface area contributed by atoms with E-state index in [4.69, 9.17) is 39.5 Å². The van der Waals surface area contributed by atoms with Crippen molar-refractivity contribution in [1.82, 2.24) is 10.2 Å². The third kappa shape index (κ3) is 3.73. The molecule has 1 aromatic carbocycles. The molecule has 0 aromatic heterocycles. The molecule has 1 atom stereocenters. The maximum atomic E-state index is 12.1. The van der Waals surface area contributed by atoms with Crippen molar-refractivity contribution < 1.29 is 14.3 Å². The fourth-order valence-corrected chi connectivity index (χ4v) is 2.55. The molecule has 1 unspecified atom stereocenters. The molecule has 2 rings (SSSR count). The van der Waals surface area contributed by atoms with Gasteiger partial charge in [-0.05, 0) is 13.0 Å². The fraction of sp³-hybridized carbons (Fsp3) is 0.385. The molecule has 21 heavy (non-hydrogen) atoms. The summed E-state index contributed by atoms with van der Waals surface area (Å²) in [5.41, 5.74) is 0. The lowest BCUT2D eigenvalue weighted by atomic mass is 10.2. The van der Waals surface area contributed by atoms with Crippen LogP contribution in [0.15, 0.2) is 12.1 Å². The topological polar surface area (TPSA) is 58.6 Å². The summed E-state index contributed by atoms with van der Waals surface area (Å²) in [7, 11) is 0. The Morgan fingerprint density at radius 2 is 2.00 bits per heavy atom. The van der Waals surface area contributed by atoms with Crippen molar-refractivity contribution in [2.45, 2.75) is 13.0 Å². The third-order valence-electron chi connectivity index (χ3n) is 3.15. The van der Waals surface area contributed by atoms with Gasteiger partial charge < -0.3 is 15.0 Å². The second-order valence-electron chi connectivity index (χ2n) is 4.54. The number of carbonyl (C=O) groups is 2. The number of hydrogen-bond acceptors (Lipinski definition) is 3. The van der Waals surface area contributed by atoms with Gasteiger partial charge in [-0.15, -0.1) is 0 Å². The van der Waals surface area contributed by atoms with E-state index in [0.717, 1.165) is 0 Å². The molecule has 5 nitrogen and oxygen atoms in total. The molecule has 0 saturated carbocycles. The van der Waals surface area contributed by atoms with Crippen LogP contribution in [0.3, 0.4) is 0 Å². The summed E-state index contributed by atoms with van der Waals surface area (Å²) in [4.78, 5) is 25.1. The normalized spacial score (nSPS) is 18.4. The first kappa shape index (κ1) is 16.2. The van der Waals surface area contributed by atoms with Crippen molar-refractivity contribution in [2.75, 3.05) is 19.7 Å². The number of carbonyl (C=O) groups excluding carboxylic acids is 2. The van der Waals surface area contributed by atoms with Crippen LogP contribution >= 0.6 is 34.8 Å². The summed E-state index contributed by atoms with van der Waals surface area (Å²) in [6.45, 7) is 2.32. The van der Waals surface area contributed by atoms with E-state index >= 15 is 0 Å². The van der Waals surface area contributed by atoms with Gasteiger partial charge in [0.2, 0.25) is 5.91 Å². The Balaban J connectivity index is 2.01. The zero-order valence-corrected chi connectivity index (χ0v) is 13.4. The molecule has 1 heterocycles. The van der Waals surface area contributed by atoms with E-state index < -0.39 is 6.04 Å². The molecule has 0 radical (unpaired) electrons. The number of halogens is 3. The van der Waals surface area contributed by atoms with E-state index in [0.29, 0.717) is 18.1 Å². The SMILES string of the molecule is CC1C(=O)NCCN1C(=O)COc1cc(Cl)c(Cl)cc1Cl. The van der Waals surface area contributed by atoms with Crippen molar-refractivity contribution in [2.24, 2.45) is 0 Å². The number of piperazine rings is 1. The molecule has 114 valence electrons. The molecular formula is C13H13Cl3N2O3. The summed E-state index contributed by atoms with van der Waals surface area (Å²) < 4.78 is 5.37. The Morgan fingerprint density at radius 3 is 2.71 bits per heavy atom. The number of rotatable bonds is 3. The molecule has 8 heteroatoms. The Kier molecular flexibility index (Phi) is 5.19. The largest absolute Gasteiger partial charge is 0.482 e. The molecule has 0 spiro atoms. The van der Waals surface area contributed by atoms with Gasteiger partial charge in [0.25, 0.3) is 5.91 Å². The molecule has 2 amide bonds. The molecule has 0 aliphatic carbocycles. The highest BCUT2D eigenvalue weighted by Gasteiger charge is 2.29. The minimum absolute atomic E-state index is 0.179. The number of amides is 2. The molecule has 0 bridgehead atoms. The van der Waals surface area contributed by atoms with E-state index in [9.17, 15) is 9.59 Å². The van der Waals surface area contributed by atoms with Crippen LogP contribution < -0.4 is 10.1 Å². The van der Waals surface area contributed by atoms with Gasteiger partial charge in [0, 0.05) is 19.2 Å². The lowest BCUT2D eigenvalue weighted by Gasteiger charge is -2.32. The van der Waals surface area contributed by atoms with Gasteiger partial charge in [0.15, 0.2) is 6.61 Å². The molecule has 1 saturated heterocycles. The lowest BCUT2D eigenvalue weighted by molar-refractivity contribution is -0.143. The highest BCUT2D eigenvalue weighted by molar-refractivity contribution is 6.43. The summed E-state index contributed by atoms with van der Waals surface area (Å²) >= 11 is 17.7. The standard InChI is InChI=1S/C13H13Cl3N2O3/c1-7-13(20)17-2-3-18(7)12(19)6-21-11-5-9(15)8(14)4-10(11)16/h4-5,7H,2-3,6H2,1H3,(H,17,20). The Labute approximate surface area is 137 Å². The van der Waals surface area contributed by atoms with Crippen LogP contribution in [-0.2, 0) is 9.59 Å². The van der Waals surface area contributed by atoms with Gasteiger partial charge in [-0.3, -0.25) is 9.59 Å².